The molecule has 112 valence electrons. The van der Waals surface area contributed by atoms with Crippen LogP contribution in [0, 0.1) is 5.92 Å². The largest absolute Gasteiger partial charge is 0.395 e. The van der Waals surface area contributed by atoms with E-state index in [0.717, 1.165) is 32.2 Å². The summed E-state index contributed by atoms with van der Waals surface area (Å²) in [4.78, 5) is 14.5. The number of nitrogens with one attached hydrogen (secondary N) is 1. The highest BCUT2D eigenvalue weighted by Gasteiger charge is 2.31. The van der Waals surface area contributed by atoms with Crippen LogP contribution in [0.3, 0.4) is 0 Å². The summed E-state index contributed by atoms with van der Waals surface area (Å²) in [5, 5.41) is 12.6. The Kier molecular flexibility index (Phi) is 7.39. The van der Waals surface area contributed by atoms with Gasteiger partial charge in [0.2, 0.25) is 5.91 Å². The van der Waals surface area contributed by atoms with Crippen LogP contribution in [0.25, 0.3) is 0 Å². The molecule has 4 heteroatoms. The van der Waals surface area contributed by atoms with E-state index in [-0.39, 0.29) is 24.6 Å². The topological polar surface area (TPSA) is 52.6 Å². The van der Waals surface area contributed by atoms with E-state index in [1.807, 2.05) is 4.90 Å². The molecule has 0 bridgehead atoms. The molecule has 2 atom stereocenters. The molecule has 0 aromatic heterocycles. The number of nitrogens with zero attached hydrogens (tertiary/aromatic N) is 1. The maximum absolute atomic E-state index is 12.7. The Labute approximate surface area is 117 Å². The molecule has 1 heterocycles. The van der Waals surface area contributed by atoms with Gasteiger partial charge in [-0.2, -0.15) is 0 Å². The van der Waals surface area contributed by atoms with E-state index >= 15 is 0 Å². The molecule has 1 aliphatic rings. The number of aliphatic hydroxyl groups excluding tert-OH is 1. The summed E-state index contributed by atoms with van der Waals surface area (Å²) in [5.74, 6) is 0.841. The van der Waals surface area contributed by atoms with Crippen LogP contribution in [0.1, 0.15) is 52.9 Å². The zero-order chi connectivity index (χ0) is 14.3. The van der Waals surface area contributed by atoms with Gasteiger partial charge < -0.3 is 15.3 Å². The van der Waals surface area contributed by atoms with Crippen LogP contribution in [0.5, 0.6) is 0 Å². The molecule has 1 fully saturated rings. The number of hydrogen-bond donors (Lipinski definition) is 2. The van der Waals surface area contributed by atoms with Gasteiger partial charge >= 0.3 is 0 Å². The Bertz CT molecular complexity index is 267. The minimum atomic E-state index is -0.0501. The average molecular weight is 270 g/mol. The summed E-state index contributed by atoms with van der Waals surface area (Å²) in [6.07, 6.45) is 5.16. The smallest absolute Gasteiger partial charge is 0.240 e. The number of rotatable bonds is 7. The highest BCUT2D eigenvalue weighted by Crippen LogP contribution is 2.21. The van der Waals surface area contributed by atoms with Gasteiger partial charge in [0.15, 0.2) is 0 Å². The Morgan fingerprint density at radius 1 is 1.37 bits per heavy atom. The molecule has 4 nitrogen and oxygen atoms in total. The van der Waals surface area contributed by atoms with Crippen molar-refractivity contribution in [1.82, 2.24) is 10.2 Å². The molecule has 0 saturated carbocycles. The Morgan fingerprint density at radius 3 is 2.58 bits per heavy atom. The zero-order valence-electron chi connectivity index (χ0n) is 12.7. The van der Waals surface area contributed by atoms with Gasteiger partial charge in [0.1, 0.15) is 0 Å². The highest BCUT2D eigenvalue weighted by atomic mass is 16.3. The molecule has 0 aromatic carbocycles. The van der Waals surface area contributed by atoms with Crippen molar-refractivity contribution < 1.29 is 9.90 Å². The second kappa shape index (κ2) is 8.54. The van der Waals surface area contributed by atoms with Gasteiger partial charge in [-0.05, 0) is 38.1 Å². The third-order valence-corrected chi connectivity index (χ3v) is 4.40. The molecule has 1 rings (SSSR count). The molecule has 0 spiro atoms. The lowest BCUT2D eigenvalue weighted by molar-refractivity contribution is -0.137. The summed E-state index contributed by atoms with van der Waals surface area (Å²) in [5.41, 5.74) is 0. The maximum Gasteiger partial charge on any atom is 0.240 e. The SMILES string of the molecule is CCC1CCNC(C(=O)N(CCO)C(CC)CC)C1. The second-order valence-corrected chi connectivity index (χ2v) is 5.53. The first-order chi connectivity index (χ1) is 9.17. The number of hydrogen-bond acceptors (Lipinski definition) is 3. The molecule has 2 unspecified atom stereocenters. The van der Waals surface area contributed by atoms with Crippen LogP contribution in [-0.4, -0.2) is 47.7 Å². The summed E-state index contributed by atoms with van der Waals surface area (Å²) in [7, 11) is 0. The van der Waals surface area contributed by atoms with Crippen molar-refractivity contribution >= 4 is 5.91 Å². The molecule has 0 radical (unpaired) electrons. The monoisotopic (exact) mass is 270 g/mol. The molecule has 0 aromatic rings. The summed E-state index contributed by atoms with van der Waals surface area (Å²) in [6.45, 7) is 7.85. The minimum Gasteiger partial charge on any atom is -0.395 e. The lowest BCUT2D eigenvalue weighted by Crippen LogP contribution is -2.53. The van der Waals surface area contributed by atoms with Crippen molar-refractivity contribution in [3.63, 3.8) is 0 Å². The van der Waals surface area contributed by atoms with E-state index < -0.39 is 0 Å². The van der Waals surface area contributed by atoms with Crippen molar-refractivity contribution in [2.24, 2.45) is 5.92 Å². The maximum atomic E-state index is 12.7. The van der Waals surface area contributed by atoms with Gasteiger partial charge in [0, 0.05) is 12.6 Å². The molecule has 1 aliphatic heterocycles. The predicted octanol–water partition coefficient (Wildman–Crippen LogP) is 1.77. The van der Waals surface area contributed by atoms with Crippen LogP contribution in [-0.2, 0) is 4.79 Å². The highest BCUT2D eigenvalue weighted by molar-refractivity contribution is 5.82. The first-order valence-electron chi connectivity index (χ1n) is 7.82. The number of piperidine rings is 1. The third kappa shape index (κ3) is 4.46. The van der Waals surface area contributed by atoms with Crippen molar-refractivity contribution in [1.29, 1.82) is 0 Å². The molecule has 0 aliphatic carbocycles. The Balaban J connectivity index is 2.69. The van der Waals surface area contributed by atoms with Crippen LogP contribution < -0.4 is 5.32 Å². The normalized spacial score (nSPS) is 23.6. The van der Waals surface area contributed by atoms with Crippen molar-refractivity contribution in [3.8, 4) is 0 Å². The minimum absolute atomic E-state index is 0.0478. The van der Waals surface area contributed by atoms with Crippen LogP contribution in [0.4, 0.5) is 0 Å². The lowest BCUT2D eigenvalue weighted by atomic mass is 9.89. The Hall–Kier alpha value is -0.610. The van der Waals surface area contributed by atoms with Gasteiger partial charge in [-0.25, -0.2) is 0 Å². The van der Waals surface area contributed by atoms with Crippen LogP contribution in [0.2, 0.25) is 0 Å². The molecular formula is C15H30N2O2. The number of amides is 1. The Morgan fingerprint density at radius 2 is 2.05 bits per heavy atom. The quantitative estimate of drug-likeness (QED) is 0.741. The molecule has 19 heavy (non-hydrogen) atoms. The number of carbonyl (C=O) groups excluding carboxylic acids is 1. The molecule has 1 amide bonds. The van der Waals surface area contributed by atoms with Crippen LogP contribution in [0.15, 0.2) is 0 Å². The van der Waals surface area contributed by atoms with Crippen LogP contribution >= 0.6 is 0 Å². The van der Waals surface area contributed by atoms with Gasteiger partial charge in [-0.3, -0.25) is 4.79 Å². The fourth-order valence-electron chi connectivity index (χ4n) is 3.07. The molecular weight excluding hydrogens is 240 g/mol. The van der Waals surface area contributed by atoms with Gasteiger partial charge in [-0.1, -0.05) is 27.2 Å². The summed E-state index contributed by atoms with van der Waals surface area (Å²) < 4.78 is 0. The third-order valence-electron chi connectivity index (χ3n) is 4.40. The van der Waals surface area contributed by atoms with Gasteiger partial charge in [-0.15, -0.1) is 0 Å². The summed E-state index contributed by atoms with van der Waals surface area (Å²) >= 11 is 0. The number of aliphatic hydroxyl groups is 1. The fourth-order valence-corrected chi connectivity index (χ4v) is 3.07. The first kappa shape index (κ1) is 16.4. The van der Waals surface area contributed by atoms with E-state index in [4.69, 9.17) is 0 Å². The van der Waals surface area contributed by atoms with E-state index in [0.29, 0.717) is 12.5 Å². The molecule has 1 saturated heterocycles. The zero-order valence-corrected chi connectivity index (χ0v) is 12.7. The van der Waals surface area contributed by atoms with E-state index in [2.05, 4.69) is 26.1 Å². The molecule has 2 N–H and O–H groups in total. The standard InChI is InChI=1S/C15H30N2O2/c1-4-12-7-8-16-14(11-12)15(19)17(9-10-18)13(5-2)6-3/h12-14,16,18H,4-11H2,1-3H3. The predicted molar refractivity (Wildman–Crippen MR) is 78.0 cm³/mol. The fraction of sp³-hybridized carbons (Fsp3) is 0.933. The van der Waals surface area contributed by atoms with Gasteiger partial charge in [0.25, 0.3) is 0 Å². The van der Waals surface area contributed by atoms with Crippen molar-refractivity contribution in [3.05, 3.63) is 0 Å². The number of carbonyl (C=O) groups is 1. The van der Waals surface area contributed by atoms with E-state index in [1.165, 1.54) is 6.42 Å². The first-order valence-corrected chi connectivity index (χ1v) is 7.82. The second-order valence-electron chi connectivity index (χ2n) is 5.53. The van der Waals surface area contributed by atoms with Crippen molar-refractivity contribution in [2.75, 3.05) is 19.7 Å². The summed E-state index contributed by atoms with van der Waals surface area (Å²) in [6, 6.07) is 0.203. The van der Waals surface area contributed by atoms with E-state index in [1.54, 1.807) is 0 Å². The lowest BCUT2D eigenvalue weighted by Gasteiger charge is -2.36. The van der Waals surface area contributed by atoms with E-state index in [9.17, 15) is 9.90 Å². The van der Waals surface area contributed by atoms with Crippen molar-refractivity contribution in [2.45, 2.75) is 65.0 Å². The average Bonchev–Trinajstić information content (AvgIpc) is 2.47. The van der Waals surface area contributed by atoms with Gasteiger partial charge in [0.05, 0.1) is 12.6 Å².